The number of rotatable bonds is 11. The summed E-state index contributed by atoms with van der Waals surface area (Å²) in [6.07, 6.45) is 2.84. The second-order valence-corrected chi connectivity index (χ2v) is 17.8. The maximum atomic E-state index is 14.7. The fraction of sp³-hybridized carbons (Fsp3) is 0.259. The molecule has 0 fully saturated rings. The molecule has 2 aliphatic carbocycles. The number of carbonyl (C=O) groups excluding carboxylic acids is 2. The van der Waals surface area contributed by atoms with Crippen molar-refractivity contribution in [1.82, 2.24) is 18.7 Å². The predicted octanol–water partition coefficient (Wildman–Crippen LogP) is 9.08. The number of aromatic hydroxyl groups is 2. The van der Waals surface area contributed by atoms with Crippen molar-refractivity contribution in [1.29, 1.82) is 0 Å². The molecule has 4 aromatic carbocycles. The predicted molar refractivity (Wildman–Crippen MR) is 267 cm³/mol. The van der Waals surface area contributed by atoms with Crippen LogP contribution < -0.4 is 21.8 Å². The van der Waals surface area contributed by atoms with Gasteiger partial charge >= 0.3 is 0 Å². The number of hydrogen-bond donors (Lipinski definition) is 4. The second-order valence-electron chi connectivity index (χ2n) is 17.8. The van der Waals surface area contributed by atoms with Crippen LogP contribution in [0.15, 0.2) is 106 Å². The summed E-state index contributed by atoms with van der Waals surface area (Å²) in [5, 5.41) is 31.9. The maximum absolute atomic E-state index is 14.7. The molecule has 0 amide bonds. The minimum Gasteiger partial charge on any atom is -0.507 e. The van der Waals surface area contributed by atoms with Gasteiger partial charge < -0.3 is 30.3 Å². The average molecular weight is 917 g/mol. The van der Waals surface area contributed by atoms with Crippen molar-refractivity contribution < 1.29 is 29.3 Å². The molecule has 0 radical (unpaired) electrons. The van der Waals surface area contributed by atoms with E-state index < -0.39 is 11.6 Å². The van der Waals surface area contributed by atoms with Crippen LogP contribution in [0.25, 0.3) is 44.8 Å². The lowest BCUT2D eigenvalue weighted by molar-refractivity contribution is -0.114. The van der Waals surface area contributed by atoms with Gasteiger partial charge in [-0.3, -0.25) is 28.5 Å². The summed E-state index contributed by atoms with van der Waals surface area (Å²) in [5.41, 5.74) is 6.43. The third-order valence-corrected chi connectivity index (χ3v) is 13.1. The summed E-state index contributed by atoms with van der Waals surface area (Å²) in [5.74, 6) is -1.91. The van der Waals surface area contributed by atoms with E-state index in [1.807, 2.05) is 100 Å². The van der Waals surface area contributed by atoms with Crippen LogP contribution >= 0.6 is 0 Å². The summed E-state index contributed by atoms with van der Waals surface area (Å²) in [6.45, 7) is 14.9. The fourth-order valence-corrected chi connectivity index (χ4v) is 9.75. The van der Waals surface area contributed by atoms with Crippen molar-refractivity contribution in [3.63, 3.8) is 0 Å². The quantitative estimate of drug-likeness (QED) is 0.0920. The van der Waals surface area contributed by atoms with Gasteiger partial charge in [0.1, 0.15) is 22.9 Å². The molecule has 2 heterocycles. The highest BCUT2D eigenvalue weighted by atomic mass is 16.5. The van der Waals surface area contributed by atoms with Gasteiger partial charge in [0.15, 0.2) is 11.5 Å². The zero-order valence-electron chi connectivity index (χ0n) is 40.4. The minimum absolute atomic E-state index is 0.0260. The van der Waals surface area contributed by atoms with Gasteiger partial charge in [-0.05, 0) is 86.1 Å². The lowest BCUT2D eigenvalue weighted by Gasteiger charge is -2.30. The van der Waals surface area contributed by atoms with E-state index in [0.717, 1.165) is 0 Å². The van der Waals surface area contributed by atoms with Crippen molar-refractivity contribution in [3.05, 3.63) is 162 Å². The SMILES string of the molecule is COC1=C(C(C)C)c2cc(C)c(-c3c(C)cc4c(c3O)/C(=C/Nc3c(C)n(C)n(-c5ccccc5)c3=O)C(=O)C(OC)=C4C(C)C)c(O)c2/C(=C/Nc2c(C)n(C)n(-c3ccccc3)c2=O)C1=O. The Labute approximate surface area is 394 Å². The van der Waals surface area contributed by atoms with Crippen LogP contribution in [0.4, 0.5) is 11.4 Å². The second kappa shape index (κ2) is 17.7. The molecule has 2 aliphatic rings. The minimum atomic E-state index is -0.520. The number of phenolic OH excluding ortho intramolecular Hbond substituents is 2. The number of fused-ring (bicyclic) bond motifs is 2. The molecule has 0 aliphatic heterocycles. The Kier molecular flexibility index (Phi) is 12.1. The number of para-hydroxylation sites is 2. The van der Waals surface area contributed by atoms with E-state index in [9.17, 15) is 29.4 Å². The molecule has 14 heteroatoms. The molecule has 68 heavy (non-hydrogen) atoms. The topological polar surface area (TPSA) is 171 Å². The number of phenols is 2. The van der Waals surface area contributed by atoms with E-state index in [1.54, 1.807) is 51.2 Å². The largest absolute Gasteiger partial charge is 0.507 e. The van der Waals surface area contributed by atoms with Gasteiger partial charge in [-0.25, -0.2) is 9.36 Å². The van der Waals surface area contributed by atoms with Crippen LogP contribution in [0.5, 0.6) is 11.5 Å². The fourth-order valence-electron chi connectivity index (χ4n) is 9.75. The lowest BCUT2D eigenvalue weighted by Crippen LogP contribution is -2.22. The number of allylic oxidation sites excluding steroid dienone is 4. The van der Waals surface area contributed by atoms with E-state index in [-0.39, 0.29) is 90.7 Å². The Morgan fingerprint density at radius 2 is 0.882 bits per heavy atom. The molecule has 0 saturated heterocycles. The summed E-state index contributed by atoms with van der Waals surface area (Å²) in [4.78, 5) is 57.3. The first-order valence-electron chi connectivity index (χ1n) is 22.4. The zero-order valence-corrected chi connectivity index (χ0v) is 40.4. The molecule has 0 unspecified atom stereocenters. The number of nitrogens with zero attached hydrogens (tertiary/aromatic N) is 4. The molecule has 0 atom stereocenters. The first-order chi connectivity index (χ1) is 32.4. The van der Waals surface area contributed by atoms with Gasteiger partial charge in [-0.2, -0.15) is 0 Å². The summed E-state index contributed by atoms with van der Waals surface area (Å²) in [7, 11) is 6.39. The van der Waals surface area contributed by atoms with Crippen molar-refractivity contribution >= 4 is 45.2 Å². The van der Waals surface area contributed by atoms with Gasteiger partial charge in [0.2, 0.25) is 11.6 Å². The van der Waals surface area contributed by atoms with Gasteiger partial charge in [0, 0.05) is 59.9 Å². The number of methoxy groups -OCH3 is 2. The first kappa shape index (κ1) is 46.5. The van der Waals surface area contributed by atoms with Crippen LogP contribution in [0.3, 0.4) is 0 Å². The number of hydrogen-bond acceptors (Lipinski definition) is 10. The molecular formula is C54H56N6O8. The lowest BCUT2D eigenvalue weighted by atomic mass is 9.75. The van der Waals surface area contributed by atoms with Crippen LogP contribution in [0, 0.1) is 39.5 Å². The average Bonchev–Trinajstić information content (AvgIpc) is 3.65. The molecule has 0 bridgehead atoms. The summed E-state index contributed by atoms with van der Waals surface area (Å²) < 4.78 is 18.1. The normalized spacial score (nSPS) is 15.0. The number of nitrogens with one attached hydrogen (secondary N) is 2. The van der Waals surface area contributed by atoms with E-state index in [4.69, 9.17) is 9.47 Å². The van der Waals surface area contributed by atoms with Crippen LogP contribution in [0.1, 0.15) is 72.5 Å². The third kappa shape index (κ3) is 7.18. The number of anilines is 2. The Balaban J connectivity index is 1.35. The summed E-state index contributed by atoms with van der Waals surface area (Å²) >= 11 is 0. The van der Waals surface area contributed by atoms with Gasteiger partial charge in [-0.1, -0.05) is 76.2 Å². The number of aryl methyl sites for hydroxylation is 2. The molecule has 8 rings (SSSR count). The molecule has 6 aromatic rings. The molecule has 0 spiro atoms. The molecular weight excluding hydrogens is 861 g/mol. The monoisotopic (exact) mass is 916 g/mol. The van der Waals surface area contributed by atoms with Crippen molar-refractivity contribution in [2.24, 2.45) is 25.9 Å². The molecule has 14 nitrogen and oxygen atoms in total. The van der Waals surface area contributed by atoms with Crippen molar-refractivity contribution in [2.75, 3.05) is 24.9 Å². The number of aromatic nitrogens is 4. The number of ketones is 2. The molecule has 2 aromatic heterocycles. The Bertz CT molecular complexity index is 3130. The van der Waals surface area contributed by atoms with Crippen molar-refractivity contribution in [2.45, 2.75) is 55.4 Å². The maximum Gasteiger partial charge on any atom is 0.295 e. The van der Waals surface area contributed by atoms with Crippen molar-refractivity contribution in [3.8, 4) is 34.0 Å². The van der Waals surface area contributed by atoms with E-state index in [1.165, 1.54) is 36.0 Å². The highest BCUT2D eigenvalue weighted by Gasteiger charge is 2.39. The molecule has 4 N–H and O–H groups in total. The number of benzene rings is 4. The summed E-state index contributed by atoms with van der Waals surface area (Å²) in [6, 6.07) is 22.1. The number of Topliss-reactive ketones (excluding diaryl/α,β-unsaturated/α-hetero) is 2. The number of ether oxygens (including phenoxy) is 2. The smallest absolute Gasteiger partial charge is 0.295 e. The first-order valence-corrected chi connectivity index (χ1v) is 22.4. The van der Waals surface area contributed by atoms with E-state index >= 15 is 0 Å². The van der Waals surface area contributed by atoms with Crippen LogP contribution in [-0.2, 0) is 33.2 Å². The third-order valence-electron chi connectivity index (χ3n) is 13.1. The zero-order chi connectivity index (χ0) is 49.2. The Morgan fingerprint density at radius 3 is 1.19 bits per heavy atom. The highest BCUT2D eigenvalue weighted by molar-refractivity contribution is 6.35. The van der Waals surface area contributed by atoms with Crippen LogP contribution in [-0.4, -0.2) is 54.7 Å². The van der Waals surface area contributed by atoms with Gasteiger partial charge in [0.05, 0.1) is 48.1 Å². The van der Waals surface area contributed by atoms with E-state index in [0.29, 0.717) is 56.2 Å². The van der Waals surface area contributed by atoms with Crippen LogP contribution in [0.2, 0.25) is 0 Å². The van der Waals surface area contributed by atoms with Gasteiger partial charge in [0.25, 0.3) is 11.1 Å². The highest BCUT2D eigenvalue weighted by Crippen LogP contribution is 2.54. The Morgan fingerprint density at radius 1 is 0.544 bits per heavy atom. The molecule has 350 valence electrons. The standard InChI is InChI=1S/C54H56N6O8/c1-27(2)39-35-23-29(5)41(49(63)43(35)37(47(61)51(39)67-11)25-55-45-31(7)57(9)59(53(45)65)33-19-15-13-16-20-33)42-30(6)24-36-40(28(3)4)52(68-12)48(62)38(44(36)50(42)64)26-56-46-32(8)58(10)60(54(46)66)34-21-17-14-18-22-34/h13-28,55-56,63-64H,1-12H3/b37-25-,38-26-. The molecule has 0 saturated carbocycles. The van der Waals surface area contributed by atoms with E-state index in [2.05, 4.69) is 10.6 Å². The number of carbonyl (C=O) groups is 2. The van der Waals surface area contributed by atoms with Gasteiger partial charge in [-0.15, -0.1) is 0 Å². The Hall–Kier alpha value is -8.00.